The molecule has 0 aliphatic rings. The van der Waals surface area contributed by atoms with Crippen LogP contribution >= 0.6 is 0 Å². The van der Waals surface area contributed by atoms with Gasteiger partial charge in [0.1, 0.15) is 10.6 Å². The highest BCUT2D eigenvalue weighted by Crippen LogP contribution is 2.26. The Balaban J connectivity index is 3.15. The lowest BCUT2D eigenvalue weighted by Crippen LogP contribution is -2.05. The summed E-state index contributed by atoms with van der Waals surface area (Å²) in [6, 6.07) is 3.98. The minimum Gasteiger partial charge on any atom is -0.492 e. The molecule has 3 N–H and O–H groups in total. The molecule has 15 heavy (non-hydrogen) atoms. The molecular weight excluding hydrogens is 218 g/mol. The second-order valence-corrected chi connectivity index (χ2v) is 4.42. The van der Waals surface area contributed by atoms with Crippen molar-refractivity contribution >= 4 is 15.8 Å². The monoisotopic (exact) mass is 231 g/mol. The average molecular weight is 231 g/mol. The minimum absolute atomic E-state index is 0.0827. The van der Waals surface area contributed by atoms with Crippen LogP contribution in [0.5, 0.6) is 5.75 Å². The van der Waals surface area contributed by atoms with Gasteiger partial charge in [-0.15, -0.1) is 0 Å². The summed E-state index contributed by atoms with van der Waals surface area (Å²) in [6.07, 6.45) is 0.736. The second kappa shape index (κ2) is 4.50. The lowest BCUT2D eigenvalue weighted by atomic mass is 10.3. The van der Waals surface area contributed by atoms with Crippen LogP contribution in [0.1, 0.15) is 13.3 Å². The van der Waals surface area contributed by atoms with E-state index >= 15 is 0 Å². The molecule has 0 spiro atoms. The largest absolute Gasteiger partial charge is 0.492 e. The molecule has 0 aliphatic carbocycles. The zero-order valence-electron chi connectivity index (χ0n) is 8.30. The highest BCUT2D eigenvalue weighted by molar-refractivity contribution is 7.86. The van der Waals surface area contributed by atoms with E-state index in [0.717, 1.165) is 6.42 Å². The fourth-order valence-electron chi connectivity index (χ4n) is 1.06. The van der Waals surface area contributed by atoms with Crippen LogP contribution in [-0.4, -0.2) is 19.6 Å². The Morgan fingerprint density at radius 1 is 1.47 bits per heavy atom. The summed E-state index contributed by atoms with van der Waals surface area (Å²) in [5.74, 6) is 0.0827. The molecule has 0 aromatic heterocycles. The van der Waals surface area contributed by atoms with Crippen LogP contribution in [0.4, 0.5) is 5.69 Å². The zero-order valence-corrected chi connectivity index (χ0v) is 9.12. The molecule has 0 saturated heterocycles. The van der Waals surface area contributed by atoms with Gasteiger partial charge in [-0.2, -0.15) is 8.42 Å². The Kier molecular flexibility index (Phi) is 3.54. The molecular formula is C9H13NO4S. The van der Waals surface area contributed by atoms with E-state index in [1.807, 2.05) is 6.92 Å². The van der Waals surface area contributed by atoms with E-state index in [9.17, 15) is 8.42 Å². The van der Waals surface area contributed by atoms with Crippen LogP contribution in [0, 0.1) is 0 Å². The van der Waals surface area contributed by atoms with Crippen molar-refractivity contribution in [2.45, 2.75) is 18.2 Å². The lowest BCUT2D eigenvalue weighted by molar-refractivity contribution is 0.308. The van der Waals surface area contributed by atoms with E-state index in [-0.39, 0.29) is 10.6 Å². The van der Waals surface area contributed by atoms with Crippen LogP contribution in [0.3, 0.4) is 0 Å². The maximum atomic E-state index is 11.0. The van der Waals surface area contributed by atoms with E-state index in [2.05, 4.69) is 0 Å². The number of hydrogen-bond acceptors (Lipinski definition) is 4. The summed E-state index contributed by atoms with van der Waals surface area (Å²) in [4.78, 5) is -0.259. The summed E-state index contributed by atoms with van der Waals surface area (Å²) in [7, 11) is -4.26. The van der Waals surface area contributed by atoms with Gasteiger partial charge in [0, 0.05) is 11.8 Å². The van der Waals surface area contributed by atoms with Crippen molar-refractivity contribution in [2.24, 2.45) is 0 Å². The fourth-order valence-corrected chi connectivity index (χ4v) is 1.67. The SMILES string of the molecule is CCCOc1cc(N)ccc1S(=O)(=O)O. The molecule has 1 aromatic carbocycles. The van der Waals surface area contributed by atoms with Crippen molar-refractivity contribution in [3.8, 4) is 5.75 Å². The first-order chi connectivity index (χ1) is 6.95. The zero-order chi connectivity index (χ0) is 11.5. The first-order valence-electron chi connectivity index (χ1n) is 4.45. The predicted molar refractivity (Wildman–Crippen MR) is 56.5 cm³/mol. The lowest BCUT2D eigenvalue weighted by Gasteiger charge is -2.09. The fraction of sp³-hybridized carbons (Fsp3) is 0.333. The van der Waals surface area contributed by atoms with Crippen LogP contribution in [0.15, 0.2) is 23.1 Å². The van der Waals surface area contributed by atoms with Crippen LogP contribution in [0.25, 0.3) is 0 Å². The summed E-state index contributed by atoms with van der Waals surface area (Å²) in [5.41, 5.74) is 5.87. The van der Waals surface area contributed by atoms with Crippen LogP contribution in [-0.2, 0) is 10.1 Å². The van der Waals surface area contributed by atoms with E-state index in [4.69, 9.17) is 15.0 Å². The minimum atomic E-state index is -4.26. The molecule has 0 amide bonds. The normalized spacial score (nSPS) is 11.3. The van der Waals surface area contributed by atoms with E-state index < -0.39 is 10.1 Å². The standard InChI is InChI=1S/C9H13NO4S/c1-2-5-14-8-6-7(10)3-4-9(8)15(11,12)13/h3-4,6H,2,5,10H2,1H3,(H,11,12,13). The number of rotatable bonds is 4. The molecule has 0 aliphatic heterocycles. The third kappa shape index (κ3) is 3.10. The van der Waals surface area contributed by atoms with E-state index in [1.165, 1.54) is 18.2 Å². The van der Waals surface area contributed by atoms with Gasteiger partial charge in [0.15, 0.2) is 0 Å². The van der Waals surface area contributed by atoms with E-state index in [1.54, 1.807) is 0 Å². The van der Waals surface area contributed by atoms with Crippen molar-refractivity contribution in [3.63, 3.8) is 0 Å². The Morgan fingerprint density at radius 3 is 2.67 bits per heavy atom. The predicted octanol–water partition coefficient (Wildman–Crippen LogP) is 1.30. The molecule has 0 radical (unpaired) electrons. The highest BCUT2D eigenvalue weighted by atomic mass is 32.2. The van der Waals surface area contributed by atoms with Crippen LogP contribution in [0.2, 0.25) is 0 Å². The van der Waals surface area contributed by atoms with Gasteiger partial charge in [-0.3, -0.25) is 4.55 Å². The first-order valence-corrected chi connectivity index (χ1v) is 5.89. The van der Waals surface area contributed by atoms with Crippen LogP contribution < -0.4 is 10.5 Å². The van der Waals surface area contributed by atoms with Gasteiger partial charge in [0.2, 0.25) is 0 Å². The van der Waals surface area contributed by atoms with Crippen molar-refractivity contribution in [1.82, 2.24) is 0 Å². The summed E-state index contributed by atoms with van der Waals surface area (Å²) < 4.78 is 36.0. The molecule has 0 heterocycles. The number of ether oxygens (including phenoxy) is 1. The average Bonchev–Trinajstić information content (AvgIpc) is 2.12. The highest BCUT2D eigenvalue weighted by Gasteiger charge is 2.16. The maximum absolute atomic E-state index is 11.0. The summed E-state index contributed by atoms with van der Waals surface area (Å²) >= 11 is 0. The molecule has 0 fully saturated rings. The van der Waals surface area contributed by atoms with Gasteiger partial charge in [-0.25, -0.2) is 0 Å². The topological polar surface area (TPSA) is 89.6 Å². The Hall–Kier alpha value is -1.27. The number of anilines is 1. The van der Waals surface area contributed by atoms with Gasteiger partial charge in [-0.1, -0.05) is 6.92 Å². The third-order valence-corrected chi connectivity index (χ3v) is 2.60. The Labute approximate surface area is 88.6 Å². The molecule has 6 heteroatoms. The first kappa shape index (κ1) is 11.8. The molecule has 0 saturated carbocycles. The van der Waals surface area contributed by atoms with Gasteiger partial charge in [0.25, 0.3) is 10.1 Å². The molecule has 0 unspecified atom stereocenters. The van der Waals surface area contributed by atoms with Gasteiger partial charge in [-0.05, 0) is 18.6 Å². The number of hydrogen-bond donors (Lipinski definition) is 2. The summed E-state index contributed by atoms with van der Waals surface area (Å²) in [6.45, 7) is 2.26. The smallest absolute Gasteiger partial charge is 0.298 e. The molecule has 1 aromatic rings. The quantitative estimate of drug-likeness (QED) is 0.602. The second-order valence-electron chi connectivity index (χ2n) is 3.03. The number of nitrogens with two attached hydrogens (primary N) is 1. The van der Waals surface area contributed by atoms with Crippen molar-refractivity contribution in [1.29, 1.82) is 0 Å². The van der Waals surface area contributed by atoms with E-state index in [0.29, 0.717) is 12.3 Å². The summed E-state index contributed by atoms with van der Waals surface area (Å²) in [5, 5.41) is 0. The van der Waals surface area contributed by atoms with Crippen molar-refractivity contribution in [2.75, 3.05) is 12.3 Å². The third-order valence-electron chi connectivity index (χ3n) is 1.71. The van der Waals surface area contributed by atoms with Crippen molar-refractivity contribution < 1.29 is 17.7 Å². The Morgan fingerprint density at radius 2 is 2.13 bits per heavy atom. The maximum Gasteiger partial charge on any atom is 0.298 e. The molecule has 5 nitrogen and oxygen atoms in total. The van der Waals surface area contributed by atoms with Gasteiger partial charge >= 0.3 is 0 Å². The number of nitrogen functional groups attached to an aromatic ring is 1. The molecule has 0 atom stereocenters. The molecule has 1 rings (SSSR count). The number of benzene rings is 1. The Bertz CT molecular complexity index is 441. The van der Waals surface area contributed by atoms with Gasteiger partial charge < -0.3 is 10.5 Å². The molecule has 84 valence electrons. The van der Waals surface area contributed by atoms with Gasteiger partial charge in [0.05, 0.1) is 6.61 Å². The van der Waals surface area contributed by atoms with Crippen molar-refractivity contribution in [3.05, 3.63) is 18.2 Å². The molecule has 0 bridgehead atoms.